The van der Waals surface area contributed by atoms with E-state index in [1.54, 1.807) is 0 Å². The van der Waals surface area contributed by atoms with Crippen molar-refractivity contribution in [2.24, 2.45) is 0 Å². The van der Waals surface area contributed by atoms with E-state index in [9.17, 15) is 9.90 Å². The molecule has 0 radical (unpaired) electrons. The Bertz CT molecular complexity index is 616. The number of aromatic nitrogens is 2. The molecule has 1 aromatic heterocycles. The van der Waals surface area contributed by atoms with Gasteiger partial charge in [-0.05, 0) is 18.1 Å². The number of hydrogen-bond acceptors (Lipinski definition) is 2. The van der Waals surface area contributed by atoms with Crippen molar-refractivity contribution in [1.82, 2.24) is 9.55 Å². The number of imidazole rings is 1. The van der Waals surface area contributed by atoms with Gasteiger partial charge in [-0.1, -0.05) is 47.5 Å². The van der Waals surface area contributed by atoms with E-state index in [0.29, 0.717) is 18.7 Å². The Labute approximate surface area is 120 Å². The molecule has 0 spiro atoms. The molecule has 0 aliphatic heterocycles. The second-order valence-electron chi connectivity index (χ2n) is 4.51. The van der Waals surface area contributed by atoms with Crippen molar-refractivity contribution in [2.45, 2.75) is 32.7 Å². The SMILES string of the molecule is CCCCn1c(O)c(Cc2ccccc2Br)[nH]c1=O. The van der Waals surface area contributed by atoms with Crippen LogP contribution in [0.2, 0.25) is 0 Å². The fourth-order valence-corrected chi connectivity index (χ4v) is 2.42. The van der Waals surface area contributed by atoms with Crippen LogP contribution in [0.15, 0.2) is 33.5 Å². The highest BCUT2D eigenvalue weighted by Crippen LogP contribution is 2.22. The molecule has 0 saturated carbocycles. The van der Waals surface area contributed by atoms with Gasteiger partial charge in [-0.25, -0.2) is 4.79 Å². The van der Waals surface area contributed by atoms with Gasteiger partial charge in [0.15, 0.2) is 0 Å². The molecule has 0 fully saturated rings. The zero-order valence-corrected chi connectivity index (χ0v) is 12.4. The lowest BCUT2D eigenvalue weighted by molar-refractivity contribution is 0.404. The van der Waals surface area contributed by atoms with Crippen molar-refractivity contribution in [3.8, 4) is 5.88 Å². The summed E-state index contributed by atoms with van der Waals surface area (Å²) in [6.07, 6.45) is 2.36. The predicted octanol–water partition coefficient (Wildman–Crippen LogP) is 3.04. The van der Waals surface area contributed by atoms with Crippen LogP contribution in [-0.4, -0.2) is 14.7 Å². The van der Waals surface area contributed by atoms with Crippen LogP contribution in [0.5, 0.6) is 5.88 Å². The van der Waals surface area contributed by atoms with Crippen LogP contribution in [0.1, 0.15) is 31.0 Å². The second-order valence-corrected chi connectivity index (χ2v) is 5.36. The highest BCUT2D eigenvalue weighted by molar-refractivity contribution is 9.10. The minimum atomic E-state index is -0.243. The molecule has 19 heavy (non-hydrogen) atoms. The maximum absolute atomic E-state index is 11.8. The first kappa shape index (κ1) is 13.9. The molecule has 5 heteroatoms. The fourth-order valence-electron chi connectivity index (χ4n) is 1.99. The van der Waals surface area contributed by atoms with Gasteiger partial charge in [0.1, 0.15) is 0 Å². The molecule has 4 nitrogen and oxygen atoms in total. The predicted molar refractivity (Wildman–Crippen MR) is 78.6 cm³/mol. The fraction of sp³-hybridized carbons (Fsp3) is 0.357. The van der Waals surface area contributed by atoms with Crippen molar-refractivity contribution in [3.05, 3.63) is 50.5 Å². The Morgan fingerprint density at radius 2 is 2.11 bits per heavy atom. The number of nitrogens with zero attached hydrogens (tertiary/aromatic N) is 1. The van der Waals surface area contributed by atoms with Gasteiger partial charge in [-0.2, -0.15) is 0 Å². The Hall–Kier alpha value is -1.49. The molecular weight excluding hydrogens is 308 g/mol. The van der Waals surface area contributed by atoms with E-state index in [2.05, 4.69) is 27.8 Å². The number of H-pyrrole nitrogens is 1. The Balaban J connectivity index is 2.27. The molecular formula is C14H17BrN2O2. The molecule has 0 aliphatic rings. The summed E-state index contributed by atoms with van der Waals surface area (Å²) in [5.41, 5.74) is 1.35. The first-order valence-electron chi connectivity index (χ1n) is 6.37. The second kappa shape index (κ2) is 6.10. The van der Waals surface area contributed by atoms with E-state index in [-0.39, 0.29) is 11.6 Å². The summed E-state index contributed by atoms with van der Waals surface area (Å²) in [6.45, 7) is 2.60. The Kier molecular flexibility index (Phi) is 4.47. The highest BCUT2D eigenvalue weighted by Gasteiger charge is 2.13. The zero-order valence-electron chi connectivity index (χ0n) is 10.8. The van der Waals surface area contributed by atoms with Gasteiger partial charge in [-0.15, -0.1) is 0 Å². The van der Waals surface area contributed by atoms with E-state index in [0.717, 1.165) is 22.9 Å². The van der Waals surface area contributed by atoms with Crippen molar-refractivity contribution in [2.75, 3.05) is 0 Å². The molecule has 0 unspecified atom stereocenters. The van der Waals surface area contributed by atoms with Crippen LogP contribution in [0.3, 0.4) is 0 Å². The third kappa shape index (κ3) is 3.10. The van der Waals surface area contributed by atoms with Crippen molar-refractivity contribution >= 4 is 15.9 Å². The van der Waals surface area contributed by atoms with Crippen LogP contribution in [0, 0.1) is 0 Å². The maximum atomic E-state index is 11.8. The Morgan fingerprint density at radius 1 is 1.37 bits per heavy atom. The van der Waals surface area contributed by atoms with E-state index < -0.39 is 0 Å². The van der Waals surface area contributed by atoms with Crippen molar-refractivity contribution in [3.63, 3.8) is 0 Å². The number of benzene rings is 1. The summed E-state index contributed by atoms with van der Waals surface area (Å²) in [4.78, 5) is 14.5. The lowest BCUT2D eigenvalue weighted by Crippen LogP contribution is -2.16. The van der Waals surface area contributed by atoms with Crippen molar-refractivity contribution in [1.29, 1.82) is 0 Å². The quantitative estimate of drug-likeness (QED) is 0.888. The zero-order chi connectivity index (χ0) is 13.8. The minimum Gasteiger partial charge on any atom is -0.493 e. The van der Waals surface area contributed by atoms with E-state index >= 15 is 0 Å². The Morgan fingerprint density at radius 3 is 2.79 bits per heavy atom. The van der Waals surface area contributed by atoms with Crippen LogP contribution in [-0.2, 0) is 13.0 Å². The van der Waals surface area contributed by atoms with Gasteiger partial charge in [0.2, 0.25) is 5.88 Å². The van der Waals surface area contributed by atoms with Crippen molar-refractivity contribution < 1.29 is 5.11 Å². The lowest BCUT2D eigenvalue weighted by Gasteiger charge is -2.04. The first-order valence-corrected chi connectivity index (χ1v) is 7.16. The normalized spacial score (nSPS) is 10.8. The van der Waals surface area contributed by atoms with Gasteiger partial charge in [0.25, 0.3) is 0 Å². The summed E-state index contributed by atoms with van der Waals surface area (Å²) in [7, 11) is 0. The molecule has 0 aliphatic carbocycles. The average Bonchev–Trinajstić information content (AvgIpc) is 2.65. The van der Waals surface area contributed by atoms with Crippen LogP contribution >= 0.6 is 15.9 Å². The summed E-state index contributed by atoms with van der Waals surface area (Å²) in [6, 6.07) is 7.77. The number of hydrogen-bond donors (Lipinski definition) is 2. The molecule has 2 aromatic rings. The lowest BCUT2D eigenvalue weighted by atomic mass is 10.1. The van der Waals surface area contributed by atoms with Gasteiger partial charge in [0, 0.05) is 17.4 Å². The molecule has 2 rings (SSSR count). The number of rotatable bonds is 5. The number of unbranched alkanes of at least 4 members (excludes halogenated alkanes) is 1. The molecule has 0 saturated heterocycles. The largest absolute Gasteiger partial charge is 0.493 e. The average molecular weight is 325 g/mol. The molecule has 0 atom stereocenters. The smallest absolute Gasteiger partial charge is 0.328 e. The minimum absolute atomic E-state index is 0.0502. The third-order valence-electron chi connectivity index (χ3n) is 3.09. The molecule has 0 amide bonds. The van der Waals surface area contributed by atoms with Gasteiger partial charge in [-0.3, -0.25) is 4.57 Å². The van der Waals surface area contributed by atoms with Gasteiger partial charge in [0.05, 0.1) is 5.69 Å². The van der Waals surface area contributed by atoms with Gasteiger partial charge < -0.3 is 10.1 Å². The summed E-state index contributed by atoms with van der Waals surface area (Å²) in [5.74, 6) is 0.0502. The van der Waals surface area contributed by atoms with Crippen LogP contribution < -0.4 is 5.69 Å². The number of aromatic hydroxyl groups is 1. The highest BCUT2D eigenvalue weighted by atomic mass is 79.9. The van der Waals surface area contributed by atoms with E-state index in [4.69, 9.17) is 0 Å². The summed E-state index contributed by atoms with van der Waals surface area (Å²) in [5, 5.41) is 10.1. The molecule has 102 valence electrons. The van der Waals surface area contributed by atoms with Gasteiger partial charge >= 0.3 is 5.69 Å². The van der Waals surface area contributed by atoms with Crippen LogP contribution in [0.25, 0.3) is 0 Å². The van der Waals surface area contributed by atoms with E-state index in [1.165, 1.54) is 4.57 Å². The topological polar surface area (TPSA) is 58.0 Å². The first-order chi connectivity index (χ1) is 9.13. The molecule has 1 aromatic carbocycles. The molecule has 0 bridgehead atoms. The molecule has 2 N–H and O–H groups in total. The number of nitrogens with one attached hydrogen (secondary N) is 1. The van der Waals surface area contributed by atoms with E-state index in [1.807, 2.05) is 24.3 Å². The molecule has 1 heterocycles. The summed E-state index contributed by atoms with van der Waals surface area (Å²) >= 11 is 3.47. The third-order valence-corrected chi connectivity index (χ3v) is 3.86. The summed E-state index contributed by atoms with van der Waals surface area (Å²) < 4.78 is 2.37. The maximum Gasteiger partial charge on any atom is 0.328 e. The number of aromatic amines is 1. The monoisotopic (exact) mass is 324 g/mol. The standard InChI is InChI=1S/C14H17BrN2O2/c1-2-3-8-17-13(18)12(16-14(17)19)9-10-6-4-5-7-11(10)15/h4-7,18H,2-3,8-9H2,1H3,(H,16,19). The number of halogens is 1. The van der Waals surface area contributed by atoms with Crippen LogP contribution in [0.4, 0.5) is 0 Å².